The quantitative estimate of drug-likeness (QED) is 0.597. The molecule has 9 nitrogen and oxygen atoms in total. The molecule has 1 aliphatic heterocycles. The van der Waals surface area contributed by atoms with Gasteiger partial charge >= 0.3 is 6.09 Å². The molecule has 2 aromatic heterocycles. The summed E-state index contributed by atoms with van der Waals surface area (Å²) >= 11 is 0. The summed E-state index contributed by atoms with van der Waals surface area (Å²) in [5.74, 6) is 2.12. The number of nitrogens with zero attached hydrogens (tertiary/aromatic N) is 5. The molecule has 0 spiro atoms. The number of hydrogen-bond acceptors (Lipinski definition) is 5. The van der Waals surface area contributed by atoms with E-state index in [9.17, 15) is 4.79 Å². The molecule has 0 aromatic carbocycles. The van der Waals surface area contributed by atoms with Gasteiger partial charge in [-0.3, -0.25) is 4.57 Å². The number of piperidine rings is 1. The van der Waals surface area contributed by atoms with Crippen LogP contribution in [0.25, 0.3) is 5.82 Å². The number of aromatic nitrogens is 3. The first-order valence-electron chi connectivity index (χ1n) is 9.50. The number of carbonyl (C=O) groups is 1. The molecule has 1 fully saturated rings. The number of carbonyl (C=O) groups excluding carboxylic acids is 1. The number of aliphatic imine (C=N–C) groups is 1. The van der Waals surface area contributed by atoms with Crippen molar-refractivity contribution in [3.8, 4) is 5.82 Å². The van der Waals surface area contributed by atoms with Gasteiger partial charge in [-0.15, -0.1) is 0 Å². The maximum atomic E-state index is 11.7. The summed E-state index contributed by atoms with van der Waals surface area (Å²) in [6.45, 7) is 5.91. The Balaban J connectivity index is 1.47. The highest BCUT2D eigenvalue weighted by Crippen LogP contribution is 2.12. The van der Waals surface area contributed by atoms with E-state index in [1.165, 1.54) is 0 Å². The van der Waals surface area contributed by atoms with Gasteiger partial charge in [0, 0.05) is 37.7 Å². The topological polar surface area (TPSA) is 111 Å². The fraction of sp³-hybridized carbons (Fsp3) is 0.474. The van der Waals surface area contributed by atoms with Crippen molar-refractivity contribution in [2.24, 2.45) is 10.7 Å². The van der Waals surface area contributed by atoms with Crippen molar-refractivity contribution in [3.63, 3.8) is 0 Å². The Morgan fingerprint density at radius 1 is 1.36 bits per heavy atom. The van der Waals surface area contributed by atoms with Crippen molar-refractivity contribution in [3.05, 3.63) is 42.1 Å². The second-order valence-electron chi connectivity index (χ2n) is 6.68. The second-order valence-corrected chi connectivity index (χ2v) is 6.68. The number of likely N-dealkylation sites (tertiary alicyclic amines) is 1. The van der Waals surface area contributed by atoms with Crippen molar-refractivity contribution in [1.82, 2.24) is 24.8 Å². The van der Waals surface area contributed by atoms with Gasteiger partial charge in [-0.2, -0.15) is 0 Å². The summed E-state index contributed by atoms with van der Waals surface area (Å²) in [6.07, 6.45) is 6.81. The van der Waals surface area contributed by atoms with Gasteiger partial charge in [0.25, 0.3) is 0 Å². The van der Waals surface area contributed by atoms with Crippen LogP contribution in [0.15, 0.2) is 35.7 Å². The Kier molecular flexibility index (Phi) is 6.46. The number of ether oxygens (including phenoxy) is 1. The Labute approximate surface area is 164 Å². The summed E-state index contributed by atoms with van der Waals surface area (Å²) in [4.78, 5) is 26.5. The minimum absolute atomic E-state index is 0.208. The molecular formula is C19H27N7O2. The molecule has 0 saturated carbocycles. The normalized spacial score (nSPS) is 15.5. The van der Waals surface area contributed by atoms with Crippen LogP contribution in [0.1, 0.15) is 31.2 Å². The number of amides is 1. The lowest BCUT2D eigenvalue weighted by molar-refractivity contribution is 0.0963. The standard InChI is InChI=1S/C19H27N7O2/c1-3-28-19(27)25-9-6-16(7-10-25)24-18(20)23-13-15-4-5-17(22-12-15)26-11-8-21-14(26)2/h4-5,8,11-12,16H,3,6-7,9-10,13H2,1-2H3,(H3,20,23,24). The summed E-state index contributed by atoms with van der Waals surface area (Å²) in [6, 6.07) is 4.13. The number of hydrogen-bond donors (Lipinski definition) is 2. The number of pyridine rings is 1. The highest BCUT2D eigenvalue weighted by Gasteiger charge is 2.23. The molecule has 0 atom stereocenters. The predicted octanol–water partition coefficient (Wildman–Crippen LogP) is 1.60. The van der Waals surface area contributed by atoms with E-state index in [0.717, 1.165) is 30.0 Å². The van der Waals surface area contributed by atoms with Gasteiger partial charge in [-0.1, -0.05) is 6.07 Å². The lowest BCUT2D eigenvalue weighted by atomic mass is 10.1. The lowest BCUT2D eigenvalue weighted by Crippen LogP contribution is -2.48. The smallest absolute Gasteiger partial charge is 0.409 e. The number of imidazole rings is 1. The molecular weight excluding hydrogens is 358 g/mol. The highest BCUT2D eigenvalue weighted by atomic mass is 16.6. The van der Waals surface area contributed by atoms with E-state index in [-0.39, 0.29) is 12.1 Å². The van der Waals surface area contributed by atoms with Crippen molar-refractivity contribution in [2.45, 2.75) is 39.3 Å². The maximum absolute atomic E-state index is 11.7. The summed E-state index contributed by atoms with van der Waals surface area (Å²) in [7, 11) is 0. The Bertz CT molecular complexity index is 808. The molecule has 1 amide bonds. The van der Waals surface area contributed by atoms with Crippen molar-refractivity contribution < 1.29 is 9.53 Å². The van der Waals surface area contributed by atoms with E-state index in [1.807, 2.05) is 36.7 Å². The number of nitrogens with one attached hydrogen (secondary N) is 1. The van der Waals surface area contributed by atoms with Gasteiger partial charge in [0.2, 0.25) is 0 Å². The Hall–Kier alpha value is -3.10. The molecule has 2 aromatic rings. The van der Waals surface area contributed by atoms with Crippen LogP contribution in [-0.4, -0.2) is 57.2 Å². The molecule has 9 heteroatoms. The van der Waals surface area contributed by atoms with Gasteiger partial charge in [0.1, 0.15) is 11.6 Å². The van der Waals surface area contributed by atoms with E-state index < -0.39 is 0 Å². The third-order valence-corrected chi connectivity index (χ3v) is 4.69. The van der Waals surface area contributed by atoms with E-state index >= 15 is 0 Å². The SMILES string of the molecule is CCOC(=O)N1CCC(NC(N)=NCc2ccc(-n3ccnc3C)nc2)CC1. The molecule has 0 unspecified atom stereocenters. The number of nitrogens with two attached hydrogens (primary N) is 1. The summed E-state index contributed by atoms with van der Waals surface area (Å²) < 4.78 is 6.95. The van der Waals surface area contributed by atoms with Crippen LogP contribution < -0.4 is 11.1 Å². The highest BCUT2D eigenvalue weighted by molar-refractivity contribution is 5.78. The van der Waals surface area contributed by atoms with E-state index in [1.54, 1.807) is 17.3 Å². The van der Waals surface area contributed by atoms with Gasteiger partial charge in [0.15, 0.2) is 5.96 Å². The first-order chi connectivity index (χ1) is 13.6. The molecule has 1 saturated heterocycles. The van der Waals surface area contributed by atoms with E-state index in [4.69, 9.17) is 10.5 Å². The van der Waals surface area contributed by atoms with Crippen LogP contribution in [0.3, 0.4) is 0 Å². The van der Waals surface area contributed by atoms with E-state index in [2.05, 4.69) is 20.3 Å². The van der Waals surface area contributed by atoms with Gasteiger partial charge in [0.05, 0.1) is 13.2 Å². The number of aryl methyl sites for hydroxylation is 1. The Morgan fingerprint density at radius 2 is 2.14 bits per heavy atom. The van der Waals surface area contributed by atoms with Gasteiger partial charge in [-0.05, 0) is 38.3 Å². The molecule has 3 heterocycles. The third kappa shape index (κ3) is 4.99. The van der Waals surface area contributed by atoms with Crippen LogP contribution in [0.5, 0.6) is 0 Å². The van der Waals surface area contributed by atoms with Crippen LogP contribution in [0, 0.1) is 6.92 Å². The number of rotatable bonds is 5. The van der Waals surface area contributed by atoms with Crippen LogP contribution in [-0.2, 0) is 11.3 Å². The molecule has 150 valence electrons. The molecule has 1 aliphatic rings. The van der Waals surface area contributed by atoms with Crippen molar-refractivity contribution in [1.29, 1.82) is 0 Å². The molecule has 28 heavy (non-hydrogen) atoms. The molecule has 0 radical (unpaired) electrons. The molecule has 0 bridgehead atoms. The maximum Gasteiger partial charge on any atom is 0.409 e. The van der Waals surface area contributed by atoms with Crippen molar-refractivity contribution >= 4 is 12.1 Å². The average molecular weight is 385 g/mol. The monoisotopic (exact) mass is 385 g/mol. The zero-order valence-electron chi connectivity index (χ0n) is 16.3. The molecule has 3 rings (SSSR count). The third-order valence-electron chi connectivity index (χ3n) is 4.69. The fourth-order valence-corrected chi connectivity index (χ4v) is 3.13. The summed E-state index contributed by atoms with van der Waals surface area (Å²) in [5, 5.41) is 3.24. The molecule has 0 aliphatic carbocycles. The fourth-order valence-electron chi connectivity index (χ4n) is 3.13. The minimum Gasteiger partial charge on any atom is -0.450 e. The van der Waals surface area contributed by atoms with Crippen molar-refractivity contribution in [2.75, 3.05) is 19.7 Å². The first-order valence-corrected chi connectivity index (χ1v) is 9.50. The van der Waals surface area contributed by atoms with E-state index in [0.29, 0.717) is 32.2 Å². The minimum atomic E-state index is -0.246. The zero-order chi connectivity index (χ0) is 19.9. The predicted molar refractivity (Wildman–Crippen MR) is 106 cm³/mol. The van der Waals surface area contributed by atoms with Crippen LogP contribution in [0.4, 0.5) is 4.79 Å². The Morgan fingerprint density at radius 3 is 2.75 bits per heavy atom. The van der Waals surface area contributed by atoms with Gasteiger partial charge < -0.3 is 20.7 Å². The first kappa shape index (κ1) is 19.7. The van der Waals surface area contributed by atoms with Gasteiger partial charge in [-0.25, -0.2) is 19.8 Å². The largest absolute Gasteiger partial charge is 0.450 e. The lowest BCUT2D eigenvalue weighted by Gasteiger charge is -2.31. The molecule has 3 N–H and O–H groups in total. The van der Waals surface area contributed by atoms with Crippen LogP contribution in [0.2, 0.25) is 0 Å². The second kappa shape index (κ2) is 9.20. The average Bonchev–Trinajstić information content (AvgIpc) is 3.13. The van der Waals surface area contributed by atoms with Crippen LogP contribution >= 0.6 is 0 Å². The summed E-state index contributed by atoms with van der Waals surface area (Å²) in [5.41, 5.74) is 7.00. The zero-order valence-corrected chi connectivity index (χ0v) is 16.3. The number of guanidine groups is 1.